The van der Waals surface area contributed by atoms with E-state index in [0.29, 0.717) is 34.3 Å². The Hall–Kier alpha value is -3.92. The van der Waals surface area contributed by atoms with Gasteiger partial charge in [-0.05, 0) is 37.3 Å². The van der Waals surface area contributed by atoms with Gasteiger partial charge in [-0.15, -0.1) is 0 Å². The second kappa shape index (κ2) is 7.97. The van der Waals surface area contributed by atoms with Gasteiger partial charge in [0.1, 0.15) is 17.5 Å². The zero-order chi connectivity index (χ0) is 19.2. The third kappa shape index (κ3) is 4.38. The van der Waals surface area contributed by atoms with Gasteiger partial charge < -0.3 is 15.4 Å². The number of nitriles is 1. The Morgan fingerprint density at radius 2 is 1.78 bits per heavy atom. The van der Waals surface area contributed by atoms with Crippen LogP contribution in [0, 0.1) is 18.3 Å². The highest BCUT2D eigenvalue weighted by atomic mass is 16.5. The summed E-state index contributed by atoms with van der Waals surface area (Å²) in [4.78, 5) is 20.7. The number of aryl methyl sites for hydroxylation is 1. The van der Waals surface area contributed by atoms with Gasteiger partial charge in [0, 0.05) is 11.8 Å². The number of esters is 1. The lowest BCUT2D eigenvalue weighted by Crippen LogP contribution is -2.07. The summed E-state index contributed by atoms with van der Waals surface area (Å²) in [5, 5.41) is 15.3. The standard InChI is InChI=1S/C20H17N5O2/c1-13-22-18(24-15-7-5-6-14(10-15)12-21)11-19(23-13)25-17-9-4-3-8-16(17)20(26)27-2/h3-11H,1-2H3,(H2,22,23,24,25). The van der Waals surface area contributed by atoms with E-state index in [0.717, 1.165) is 5.69 Å². The molecule has 27 heavy (non-hydrogen) atoms. The first-order chi connectivity index (χ1) is 13.1. The number of para-hydroxylation sites is 1. The number of rotatable bonds is 5. The van der Waals surface area contributed by atoms with E-state index in [1.165, 1.54) is 7.11 Å². The largest absolute Gasteiger partial charge is 0.465 e. The molecule has 134 valence electrons. The van der Waals surface area contributed by atoms with E-state index in [9.17, 15) is 4.79 Å². The Bertz CT molecular complexity index is 1030. The summed E-state index contributed by atoms with van der Waals surface area (Å²) in [6.07, 6.45) is 0. The van der Waals surface area contributed by atoms with Crippen LogP contribution in [0.5, 0.6) is 0 Å². The van der Waals surface area contributed by atoms with Crippen molar-refractivity contribution < 1.29 is 9.53 Å². The molecule has 0 unspecified atom stereocenters. The van der Waals surface area contributed by atoms with Crippen molar-refractivity contribution in [1.82, 2.24) is 9.97 Å². The highest BCUT2D eigenvalue weighted by molar-refractivity contribution is 5.96. The molecular formula is C20H17N5O2. The number of benzene rings is 2. The van der Waals surface area contributed by atoms with Crippen LogP contribution >= 0.6 is 0 Å². The molecule has 2 aromatic carbocycles. The lowest BCUT2D eigenvalue weighted by atomic mass is 10.2. The van der Waals surface area contributed by atoms with Crippen LogP contribution in [-0.2, 0) is 4.74 Å². The third-order valence-electron chi connectivity index (χ3n) is 3.70. The molecule has 0 aliphatic rings. The fraction of sp³-hybridized carbons (Fsp3) is 0.100. The average Bonchev–Trinajstić information content (AvgIpc) is 2.67. The number of carbonyl (C=O) groups excluding carboxylic acids is 1. The number of aromatic nitrogens is 2. The zero-order valence-corrected chi connectivity index (χ0v) is 14.9. The van der Waals surface area contributed by atoms with E-state index in [1.54, 1.807) is 49.4 Å². The van der Waals surface area contributed by atoms with Crippen LogP contribution in [0.2, 0.25) is 0 Å². The Morgan fingerprint density at radius 1 is 1.04 bits per heavy atom. The number of hydrogen-bond acceptors (Lipinski definition) is 7. The lowest BCUT2D eigenvalue weighted by molar-refractivity contribution is 0.0602. The monoisotopic (exact) mass is 359 g/mol. The number of carbonyl (C=O) groups is 1. The molecule has 0 fully saturated rings. The van der Waals surface area contributed by atoms with Crippen LogP contribution in [0.15, 0.2) is 54.6 Å². The van der Waals surface area contributed by atoms with Gasteiger partial charge in [0.25, 0.3) is 0 Å². The quantitative estimate of drug-likeness (QED) is 0.666. The van der Waals surface area contributed by atoms with Crippen LogP contribution in [0.1, 0.15) is 21.7 Å². The molecule has 0 atom stereocenters. The van der Waals surface area contributed by atoms with Gasteiger partial charge in [0.2, 0.25) is 0 Å². The number of ether oxygens (including phenoxy) is 1. The van der Waals surface area contributed by atoms with E-state index in [1.807, 2.05) is 12.1 Å². The molecule has 0 aliphatic heterocycles. The summed E-state index contributed by atoms with van der Waals surface area (Å²) >= 11 is 0. The summed E-state index contributed by atoms with van der Waals surface area (Å²) in [6.45, 7) is 1.77. The molecule has 0 spiro atoms. The molecule has 7 nitrogen and oxygen atoms in total. The van der Waals surface area contributed by atoms with Crippen molar-refractivity contribution in [3.63, 3.8) is 0 Å². The molecule has 1 aromatic heterocycles. The van der Waals surface area contributed by atoms with E-state index >= 15 is 0 Å². The summed E-state index contributed by atoms with van der Waals surface area (Å²) in [5.41, 5.74) is 2.29. The molecule has 2 N–H and O–H groups in total. The van der Waals surface area contributed by atoms with Gasteiger partial charge in [0.15, 0.2) is 0 Å². The predicted octanol–water partition coefficient (Wildman–Crippen LogP) is 3.93. The fourth-order valence-corrected chi connectivity index (χ4v) is 2.53. The Labute approximate surface area is 156 Å². The normalized spacial score (nSPS) is 9.96. The topological polar surface area (TPSA) is 99.9 Å². The molecule has 1 heterocycles. The maximum Gasteiger partial charge on any atom is 0.339 e. The summed E-state index contributed by atoms with van der Waals surface area (Å²) < 4.78 is 4.81. The van der Waals surface area contributed by atoms with Crippen molar-refractivity contribution in [2.75, 3.05) is 17.7 Å². The Morgan fingerprint density at radius 3 is 2.52 bits per heavy atom. The molecule has 0 radical (unpaired) electrons. The van der Waals surface area contributed by atoms with Crippen LogP contribution in [0.4, 0.5) is 23.0 Å². The van der Waals surface area contributed by atoms with Gasteiger partial charge in [-0.3, -0.25) is 0 Å². The van der Waals surface area contributed by atoms with Crippen LogP contribution in [0.3, 0.4) is 0 Å². The molecule has 0 aliphatic carbocycles. The maximum atomic E-state index is 11.9. The van der Waals surface area contributed by atoms with Crippen molar-refractivity contribution in [2.45, 2.75) is 6.92 Å². The number of anilines is 4. The van der Waals surface area contributed by atoms with Gasteiger partial charge >= 0.3 is 5.97 Å². The molecular weight excluding hydrogens is 342 g/mol. The van der Waals surface area contributed by atoms with Crippen molar-refractivity contribution in [2.24, 2.45) is 0 Å². The number of hydrogen-bond donors (Lipinski definition) is 2. The zero-order valence-electron chi connectivity index (χ0n) is 14.9. The minimum Gasteiger partial charge on any atom is -0.465 e. The van der Waals surface area contributed by atoms with Crippen molar-refractivity contribution in [3.8, 4) is 6.07 Å². The number of nitrogens with zero attached hydrogens (tertiary/aromatic N) is 3. The summed E-state index contributed by atoms with van der Waals surface area (Å²) in [6, 6.07) is 17.9. The average molecular weight is 359 g/mol. The second-order valence-electron chi connectivity index (χ2n) is 5.67. The van der Waals surface area contributed by atoms with E-state index in [2.05, 4.69) is 26.7 Å². The summed E-state index contributed by atoms with van der Waals surface area (Å²) in [7, 11) is 1.34. The molecule has 3 aromatic rings. The van der Waals surface area contributed by atoms with Gasteiger partial charge in [-0.2, -0.15) is 5.26 Å². The van der Waals surface area contributed by atoms with Crippen molar-refractivity contribution >= 4 is 29.0 Å². The van der Waals surface area contributed by atoms with E-state index < -0.39 is 5.97 Å². The summed E-state index contributed by atoms with van der Waals surface area (Å²) in [5.74, 6) is 1.21. The molecule has 3 rings (SSSR count). The van der Waals surface area contributed by atoms with Gasteiger partial charge in [-0.1, -0.05) is 18.2 Å². The second-order valence-corrected chi connectivity index (χ2v) is 5.67. The molecule has 0 bridgehead atoms. The maximum absolute atomic E-state index is 11.9. The van der Waals surface area contributed by atoms with Gasteiger partial charge in [-0.25, -0.2) is 14.8 Å². The highest BCUT2D eigenvalue weighted by Gasteiger charge is 2.12. The smallest absolute Gasteiger partial charge is 0.339 e. The molecule has 0 saturated carbocycles. The first kappa shape index (κ1) is 17.9. The SMILES string of the molecule is COC(=O)c1ccccc1Nc1cc(Nc2cccc(C#N)c2)nc(C)n1. The minimum atomic E-state index is -0.435. The molecule has 0 saturated heterocycles. The third-order valence-corrected chi connectivity index (χ3v) is 3.70. The van der Waals surface area contributed by atoms with Crippen LogP contribution in [0.25, 0.3) is 0 Å². The van der Waals surface area contributed by atoms with Crippen molar-refractivity contribution in [1.29, 1.82) is 5.26 Å². The lowest BCUT2D eigenvalue weighted by Gasteiger charge is -2.12. The fourth-order valence-electron chi connectivity index (χ4n) is 2.53. The predicted molar refractivity (Wildman–Crippen MR) is 102 cm³/mol. The Kier molecular flexibility index (Phi) is 5.28. The van der Waals surface area contributed by atoms with E-state index in [-0.39, 0.29) is 0 Å². The number of methoxy groups -OCH3 is 1. The molecule has 7 heteroatoms. The first-order valence-electron chi connectivity index (χ1n) is 8.16. The van der Waals surface area contributed by atoms with E-state index in [4.69, 9.17) is 10.00 Å². The minimum absolute atomic E-state index is 0.410. The highest BCUT2D eigenvalue weighted by Crippen LogP contribution is 2.23. The molecule has 0 amide bonds. The Balaban J connectivity index is 1.88. The first-order valence-corrected chi connectivity index (χ1v) is 8.16. The number of nitrogens with one attached hydrogen (secondary N) is 2. The van der Waals surface area contributed by atoms with Crippen molar-refractivity contribution in [3.05, 3.63) is 71.5 Å². The van der Waals surface area contributed by atoms with Crippen LogP contribution < -0.4 is 10.6 Å². The van der Waals surface area contributed by atoms with Crippen LogP contribution in [-0.4, -0.2) is 23.0 Å². The van der Waals surface area contributed by atoms with Gasteiger partial charge in [0.05, 0.1) is 30.0 Å².